The van der Waals surface area contributed by atoms with Gasteiger partial charge < -0.3 is 15.1 Å². The number of nitrogens with zero attached hydrogens (tertiary/aromatic N) is 4. The third kappa shape index (κ3) is 8.43. The number of rotatable bonds is 5. The van der Waals surface area contributed by atoms with E-state index in [1.54, 1.807) is 30.0 Å². The van der Waals surface area contributed by atoms with Gasteiger partial charge in [0.15, 0.2) is 0 Å². The summed E-state index contributed by atoms with van der Waals surface area (Å²) in [4.78, 5) is 40.1. The van der Waals surface area contributed by atoms with Crippen LogP contribution < -0.4 is 10.9 Å². The summed E-state index contributed by atoms with van der Waals surface area (Å²) in [7, 11) is 0. The molecule has 0 aliphatic carbocycles. The molecule has 3 aromatic rings. The van der Waals surface area contributed by atoms with Crippen LogP contribution in [0.2, 0.25) is 0 Å². The first kappa shape index (κ1) is 29.9. The van der Waals surface area contributed by atoms with E-state index in [9.17, 15) is 18.8 Å². The number of carbonyl (C=O) groups is 2. The number of benzene rings is 2. The van der Waals surface area contributed by atoms with E-state index >= 15 is 0 Å². The number of fused-ring (bicyclic) bond motifs is 1. The van der Waals surface area contributed by atoms with Gasteiger partial charge in [-0.2, -0.15) is 5.10 Å². The summed E-state index contributed by atoms with van der Waals surface area (Å²) in [6, 6.07) is 12.4. The van der Waals surface area contributed by atoms with Crippen molar-refractivity contribution in [2.75, 3.05) is 58.9 Å². The summed E-state index contributed by atoms with van der Waals surface area (Å²) in [6.07, 6.45) is 1.41. The molecule has 0 spiro atoms. The van der Waals surface area contributed by atoms with Gasteiger partial charge in [0.25, 0.3) is 5.56 Å². The number of piperazine rings is 2. The summed E-state index contributed by atoms with van der Waals surface area (Å²) in [5.74, 6) is -0.0227. The van der Waals surface area contributed by atoms with Crippen LogP contribution in [0, 0.1) is 12.7 Å². The number of aromatic nitrogens is 2. The second-order valence-electron chi connectivity index (χ2n) is 9.35. The van der Waals surface area contributed by atoms with E-state index in [4.69, 9.17) is 0 Å². The van der Waals surface area contributed by atoms with Crippen molar-refractivity contribution in [2.24, 2.45) is 0 Å². The lowest BCUT2D eigenvalue weighted by molar-refractivity contribution is -0.136. The van der Waals surface area contributed by atoms with Crippen molar-refractivity contribution in [1.29, 1.82) is 0 Å². The van der Waals surface area contributed by atoms with Crippen molar-refractivity contribution in [1.82, 2.24) is 30.2 Å². The standard InChI is InChI=1S/C16H13FN2O.C11H20N4O2.C2H6.H2/c1-10-8-11(6-7-14(10)17)9-15-12-4-2-3-5-13(12)16(20)19-18-15;16-10-14-5-7-15(8-6-14)11(17)9-13-3-1-12-2-4-13;1-2;/h2-8H,9H2,1H3,(H,19,20);10,12H,1-9H2;1-2H3;1H. The molecule has 39 heavy (non-hydrogen) atoms. The number of carbonyl (C=O) groups excluding carboxylic acids is 2. The molecule has 2 aliphatic heterocycles. The Bertz CT molecular complexity index is 1290. The Morgan fingerprint density at radius 1 is 1.03 bits per heavy atom. The summed E-state index contributed by atoms with van der Waals surface area (Å²) >= 11 is 0. The third-order valence-corrected chi connectivity index (χ3v) is 6.75. The molecule has 2 N–H and O–H groups in total. The minimum Gasteiger partial charge on any atom is -0.342 e. The first-order chi connectivity index (χ1) is 18.9. The van der Waals surface area contributed by atoms with Gasteiger partial charge in [-0.1, -0.05) is 44.2 Å². The number of hydrogen-bond donors (Lipinski definition) is 2. The predicted octanol–water partition coefficient (Wildman–Crippen LogP) is 2.43. The molecule has 5 rings (SSSR count). The van der Waals surface area contributed by atoms with Crippen LogP contribution in [0.25, 0.3) is 10.8 Å². The topological polar surface area (TPSA) is 102 Å². The quantitative estimate of drug-likeness (QED) is 0.482. The highest BCUT2D eigenvalue weighted by atomic mass is 19.1. The van der Waals surface area contributed by atoms with Crippen LogP contribution in [0.1, 0.15) is 32.1 Å². The van der Waals surface area contributed by atoms with Crippen LogP contribution in [0.15, 0.2) is 47.3 Å². The SMILES string of the molecule is CC.Cc1cc(Cc2n[nH]c(=O)c3ccccc23)ccc1F.O=CN1CCN(C(=O)CN2CCNCC2)CC1.[HH]. The summed E-state index contributed by atoms with van der Waals surface area (Å²) < 4.78 is 13.3. The van der Waals surface area contributed by atoms with Gasteiger partial charge >= 0.3 is 0 Å². The van der Waals surface area contributed by atoms with Gasteiger partial charge in [0.05, 0.1) is 17.6 Å². The van der Waals surface area contributed by atoms with E-state index in [0.717, 1.165) is 49.2 Å². The normalized spacial score (nSPS) is 15.6. The molecule has 0 bridgehead atoms. The molecule has 2 fully saturated rings. The van der Waals surface area contributed by atoms with Crippen LogP contribution in [0.4, 0.5) is 4.39 Å². The van der Waals surface area contributed by atoms with E-state index in [0.29, 0.717) is 50.1 Å². The molecule has 212 valence electrons. The fourth-order valence-corrected chi connectivity index (χ4v) is 4.55. The van der Waals surface area contributed by atoms with Crippen molar-refractivity contribution in [3.8, 4) is 0 Å². The summed E-state index contributed by atoms with van der Waals surface area (Å²) in [5, 5.41) is 11.4. The Labute approximate surface area is 230 Å². The zero-order valence-corrected chi connectivity index (χ0v) is 23.1. The maximum absolute atomic E-state index is 13.3. The van der Waals surface area contributed by atoms with Gasteiger partial charge in [0.1, 0.15) is 5.82 Å². The number of aryl methyl sites for hydroxylation is 1. The number of nitrogens with one attached hydrogen (secondary N) is 2. The average Bonchev–Trinajstić information content (AvgIpc) is 2.98. The fraction of sp³-hybridized carbons (Fsp3) is 0.448. The molecule has 0 saturated carbocycles. The molecule has 2 saturated heterocycles. The van der Waals surface area contributed by atoms with E-state index in [1.807, 2.05) is 36.9 Å². The van der Waals surface area contributed by atoms with Crippen LogP contribution >= 0.6 is 0 Å². The van der Waals surface area contributed by atoms with Crippen molar-refractivity contribution in [2.45, 2.75) is 27.2 Å². The van der Waals surface area contributed by atoms with Gasteiger partial charge in [-0.25, -0.2) is 9.49 Å². The molecule has 2 aromatic carbocycles. The molecule has 10 heteroatoms. The predicted molar refractivity (Wildman–Crippen MR) is 153 cm³/mol. The number of hydrogen-bond acceptors (Lipinski definition) is 6. The lowest BCUT2D eigenvalue weighted by Gasteiger charge is -2.34. The zero-order valence-electron chi connectivity index (χ0n) is 23.1. The van der Waals surface area contributed by atoms with Crippen molar-refractivity contribution in [3.63, 3.8) is 0 Å². The fourth-order valence-electron chi connectivity index (χ4n) is 4.55. The van der Waals surface area contributed by atoms with Crippen molar-refractivity contribution < 1.29 is 15.4 Å². The van der Waals surface area contributed by atoms with Crippen molar-refractivity contribution >= 4 is 23.1 Å². The highest BCUT2D eigenvalue weighted by Gasteiger charge is 2.22. The number of H-pyrrole nitrogens is 1. The van der Waals surface area contributed by atoms with Crippen LogP contribution in [-0.4, -0.2) is 96.1 Å². The van der Waals surface area contributed by atoms with Crippen LogP contribution in [-0.2, 0) is 16.0 Å². The zero-order chi connectivity index (χ0) is 28.2. The Morgan fingerprint density at radius 3 is 2.33 bits per heavy atom. The molecule has 0 atom stereocenters. The molecular weight excluding hydrogens is 499 g/mol. The minimum atomic E-state index is -0.215. The largest absolute Gasteiger partial charge is 0.342 e. The molecule has 9 nitrogen and oxygen atoms in total. The highest BCUT2D eigenvalue weighted by molar-refractivity contribution is 5.83. The average molecular weight is 541 g/mol. The van der Waals surface area contributed by atoms with Crippen molar-refractivity contribution in [3.05, 3.63) is 75.5 Å². The van der Waals surface area contributed by atoms with Gasteiger partial charge in [-0.3, -0.25) is 19.3 Å². The first-order valence-electron chi connectivity index (χ1n) is 13.6. The van der Waals surface area contributed by atoms with E-state index in [-0.39, 0.29) is 18.7 Å². The Kier molecular flexibility index (Phi) is 11.6. The lowest BCUT2D eigenvalue weighted by atomic mass is 10.0. The minimum absolute atomic E-state index is 0. The smallest absolute Gasteiger partial charge is 0.272 e. The molecule has 1 aromatic heterocycles. The van der Waals surface area contributed by atoms with Gasteiger partial charge in [-0.05, 0) is 30.2 Å². The molecule has 2 amide bonds. The van der Waals surface area contributed by atoms with Crippen LogP contribution in [0.5, 0.6) is 0 Å². The maximum atomic E-state index is 13.3. The van der Waals surface area contributed by atoms with E-state index in [2.05, 4.69) is 20.4 Å². The lowest BCUT2D eigenvalue weighted by Crippen LogP contribution is -2.53. The highest BCUT2D eigenvalue weighted by Crippen LogP contribution is 2.18. The Morgan fingerprint density at radius 2 is 1.69 bits per heavy atom. The molecule has 0 radical (unpaired) electrons. The molecule has 2 aliphatic rings. The van der Waals surface area contributed by atoms with E-state index < -0.39 is 0 Å². The Balaban J connectivity index is 0.000000261. The number of halogens is 1. The number of aromatic amines is 1. The van der Waals surface area contributed by atoms with Gasteiger partial charge in [0.2, 0.25) is 12.3 Å². The third-order valence-electron chi connectivity index (χ3n) is 6.75. The first-order valence-corrected chi connectivity index (χ1v) is 13.6. The monoisotopic (exact) mass is 540 g/mol. The molecule has 3 heterocycles. The van der Waals surface area contributed by atoms with E-state index in [1.165, 1.54) is 6.07 Å². The maximum Gasteiger partial charge on any atom is 0.272 e. The second kappa shape index (κ2) is 15.1. The number of amides is 2. The van der Waals surface area contributed by atoms with Crippen LogP contribution in [0.3, 0.4) is 0 Å². The Hall–Kier alpha value is -3.63. The summed E-state index contributed by atoms with van der Waals surface area (Å²) in [5.41, 5.74) is 2.16. The second-order valence-corrected chi connectivity index (χ2v) is 9.35. The van der Waals surface area contributed by atoms with Gasteiger partial charge in [-0.15, -0.1) is 0 Å². The molecule has 0 unspecified atom stereocenters. The molecular formula is C29H41FN6O3. The van der Waals surface area contributed by atoms with Gasteiger partial charge in [0, 0.05) is 65.6 Å². The summed E-state index contributed by atoms with van der Waals surface area (Å²) in [6.45, 7) is 12.7.